The summed E-state index contributed by atoms with van der Waals surface area (Å²) in [5.74, 6) is 1.28. The third-order valence-corrected chi connectivity index (χ3v) is 7.24. The zero-order chi connectivity index (χ0) is 19.1. The van der Waals surface area contributed by atoms with Gasteiger partial charge in [-0.15, -0.1) is 0 Å². The molecule has 154 valence electrons. The van der Waals surface area contributed by atoms with Crippen LogP contribution >= 0.6 is 0 Å². The fourth-order valence-electron chi connectivity index (χ4n) is 5.28. The molecule has 28 heavy (non-hydrogen) atoms. The van der Waals surface area contributed by atoms with Gasteiger partial charge in [0.05, 0.1) is 12.1 Å². The molecule has 0 radical (unpaired) electrons. The Hall–Kier alpha value is -1.40. The molecule has 0 unspecified atom stereocenters. The minimum atomic E-state index is 0.212. The van der Waals surface area contributed by atoms with Crippen molar-refractivity contribution in [2.24, 2.45) is 13.0 Å². The number of piperidine rings is 2. The van der Waals surface area contributed by atoms with Crippen molar-refractivity contribution in [2.45, 2.75) is 75.9 Å². The highest BCUT2D eigenvalue weighted by molar-refractivity contribution is 5.79. The fraction of sp³-hybridized carbons (Fsp3) is 0.818. The number of nitrogens with one attached hydrogen (secondary N) is 1. The summed E-state index contributed by atoms with van der Waals surface area (Å²) in [5, 5.41) is 7.75. The van der Waals surface area contributed by atoms with Crippen LogP contribution in [0.5, 0.6) is 0 Å². The Kier molecular flexibility index (Phi) is 5.18. The van der Waals surface area contributed by atoms with Crippen LogP contribution < -0.4 is 5.32 Å². The van der Waals surface area contributed by atoms with E-state index in [0.717, 1.165) is 25.4 Å². The molecule has 6 heteroatoms. The number of nitrogens with zero attached hydrogens (tertiary/aromatic N) is 4. The Morgan fingerprint density at radius 2 is 1.89 bits per heavy atom. The molecule has 1 amide bonds. The molecule has 6 nitrogen and oxygen atoms in total. The average Bonchev–Trinajstić information content (AvgIpc) is 3.64. The minimum Gasteiger partial charge on any atom is -0.353 e. The van der Waals surface area contributed by atoms with E-state index in [0.29, 0.717) is 18.0 Å². The highest BCUT2D eigenvalue weighted by Gasteiger charge is 2.34. The third-order valence-electron chi connectivity index (χ3n) is 7.24. The maximum absolute atomic E-state index is 12.5. The summed E-state index contributed by atoms with van der Waals surface area (Å²) < 4.78 is 2.10. The Labute approximate surface area is 168 Å². The van der Waals surface area contributed by atoms with E-state index in [9.17, 15) is 4.79 Å². The summed E-state index contributed by atoms with van der Waals surface area (Å²) in [4.78, 5) is 17.7. The lowest BCUT2D eigenvalue weighted by atomic mass is 9.93. The van der Waals surface area contributed by atoms with E-state index in [2.05, 4.69) is 38.1 Å². The first kappa shape index (κ1) is 18.6. The minimum absolute atomic E-state index is 0.212. The molecule has 5 rings (SSSR count). The van der Waals surface area contributed by atoms with Crippen LogP contribution in [0.1, 0.15) is 68.5 Å². The number of carbonyl (C=O) groups is 1. The fourth-order valence-corrected chi connectivity index (χ4v) is 5.28. The van der Waals surface area contributed by atoms with Crippen LogP contribution in [0.2, 0.25) is 0 Å². The lowest BCUT2D eigenvalue weighted by molar-refractivity contribution is -0.127. The summed E-state index contributed by atoms with van der Waals surface area (Å²) in [7, 11) is 2.09. The van der Waals surface area contributed by atoms with Gasteiger partial charge in [0.25, 0.3) is 0 Å². The van der Waals surface area contributed by atoms with Crippen LogP contribution in [0, 0.1) is 5.92 Å². The van der Waals surface area contributed by atoms with Gasteiger partial charge in [0.2, 0.25) is 5.91 Å². The predicted molar refractivity (Wildman–Crippen MR) is 109 cm³/mol. The molecular formula is C22H35N5O. The highest BCUT2D eigenvalue weighted by Crippen LogP contribution is 2.41. The van der Waals surface area contributed by atoms with Gasteiger partial charge in [0.1, 0.15) is 0 Å². The number of likely N-dealkylation sites (tertiary alicyclic amines) is 2. The molecule has 2 saturated carbocycles. The second kappa shape index (κ2) is 7.79. The summed E-state index contributed by atoms with van der Waals surface area (Å²) >= 11 is 0. The number of carbonyl (C=O) groups excluding carboxylic acids is 1. The molecule has 1 aromatic heterocycles. The van der Waals surface area contributed by atoms with Crippen molar-refractivity contribution < 1.29 is 4.79 Å². The van der Waals surface area contributed by atoms with Gasteiger partial charge in [-0.2, -0.15) is 5.10 Å². The van der Waals surface area contributed by atoms with Crippen molar-refractivity contribution in [3.05, 3.63) is 17.5 Å². The maximum atomic E-state index is 12.5. The first-order valence-electron chi connectivity index (χ1n) is 11.4. The van der Waals surface area contributed by atoms with Gasteiger partial charge in [0, 0.05) is 49.4 Å². The van der Waals surface area contributed by atoms with E-state index >= 15 is 0 Å². The van der Waals surface area contributed by atoms with Crippen molar-refractivity contribution in [2.75, 3.05) is 26.2 Å². The van der Waals surface area contributed by atoms with Crippen molar-refractivity contribution in [3.63, 3.8) is 0 Å². The highest BCUT2D eigenvalue weighted by atomic mass is 16.2. The molecule has 4 fully saturated rings. The quantitative estimate of drug-likeness (QED) is 0.816. The second-order valence-corrected chi connectivity index (χ2v) is 9.58. The van der Waals surface area contributed by atoms with Gasteiger partial charge in [0.15, 0.2) is 0 Å². The Bertz CT molecular complexity index is 700. The molecule has 2 saturated heterocycles. The largest absolute Gasteiger partial charge is 0.353 e. The molecule has 0 aromatic carbocycles. The van der Waals surface area contributed by atoms with Gasteiger partial charge in [-0.25, -0.2) is 0 Å². The lowest BCUT2D eigenvalue weighted by Crippen LogP contribution is -2.50. The number of hydrogen-bond acceptors (Lipinski definition) is 4. The standard InChI is InChI=1S/C22H35N5O/c1-25-21(16-4-5-16)18(13-23-25)14-26-11-8-20(9-12-26)27-10-2-3-17(15-27)22(28)24-19-6-7-19/h13,16-17,19-20H,2-12,14-15H2,1H3,(H,24,28)/t17-/m1/s1. The van der Waals surface area contributed by atoms with Gasteiger partial charge in [-0.3, -0.25) is 19.3 Å². The van der Waals surface area contributed by atoms with E-state index in [1.54, 1.807) is 0 Å². The molecule has 2 aliphatic heterocycles. The summed E-state index contributed by atoms with van der Waals surface area (Å²) in [5.41, 5.74) is 2.92. The average molecular weight is 386 g/mol. The van der Waals surface area contributed by atoms with Crippen molar-refractivity contribution >= 4 is 5.91 Å². The van der Waals surface area contributed by atoms with Gasteiger partial charge in [-0.05, 0) is 71.0 Å². The Morgan fingerprint density at radius 3 is 2.61 bits per heavy atom. The molecule has 3 heterocycles. The predicted octanol–water partition coefficient (Wildman–Crippen LogP) is 2.25. The van der Waals surface area contributed by atoms with E-state index in [-0.39, 0.29) is 5.92 Å². The molecule has 1 N–H and O–H groups in total. The molecule has 1 aromatic rings. The van der Waals surface area contributed by atoms with Crippen molar-refractivity contribution in [3.8, 4) is 0 Å². The molecule has 1 atom stereocenters. The third kappa shape index (κ3) is 4.13. The van der Waals surface area contributed by atoms with E-state index in [1.165, 1.54) is 75.8 Å². The second-order valence-electron chi connectivity index (χ2n) is 9.58. The van der Waals surface area contributed by atoms with Gasteiger partial charge in [-0.1, -0.05) is 0 Å². The molecule has 2 aliphatic carbocycles. The zero-order valence-corrected chi connectivity index (χ0v) is 17.3. The first-order valence-corrected chi connectivity index (χ1v) is 11.4. The normalized spacial score (nSPS) is 27.8. The van der Waals surface area contributed by atoms with Crippen LogP contribution in [0.4, 0.5) is 0 Å². The van der Waals surface area contributed by atoms with Crippen molar-refractivity contribution in [1.82, 2.24) is 24.9 Å². The summed E-state index contributed by atoms with van der Waals surface area (Å²) in [6.45, 7) is 5.53. The number of hydrogen-bond donors (Lipinski definition) is 1. The number of aromatic nitrogens is 2. The smallest absolute Gasteiger partial charge is 0.224 e. The van der Waals surface area contributed by atoms with Gasteiger partial charge >= 0.3 is 0 Å². The van der Waals surface area contributed by atoms with Crippen LogP contribution in [0.15, 0.2) is 6.20 Å². The van der Waals surface area contributed by atoms with Crippen LogP contribution in [-0.2, 0) is 18.4 Å². The molecular weight excluding hydrogens is 350 g/mol. The number of aryl methyl sites for hydroxylation is 1. The topological polar surface area (TPSA) is 53.4 Å². The van der Waals surface area contributed by atoms with Crippen LogP contribution in [0.3, 0.4) is 0 Å². The van der Waals surface area contributed by atoms with Crippen LogP contribution in [0.25, 0.3) is 0 Å². The van der Waals surface area contributed by atoms with Gasteiger partial charge < -0.3 is 5.32 Å². The van der Waals surface area contributed by atoms with Crippen LogP contribution in [-0.4, -0.2) is 63.8 Å². The first-order chi connectivity index (χ1) is 13.7. The number of amides is 1. The Balaban J connectivity index is 1.12. The molecule has 4 aliphatic rings. The van der Waals surface area contributed by atoms with Crippen molar-refractivity contribution in [1.29, 1.82) is 0 Å². The van der Waals surface area contributed by atoms with E-state index in [4.69, 9.17) is 0 Å². The Morgan fingerprint density at radius 1 is 1.11 bits per heavy atom. The molecule has 0 spiro atoms. The molecule has 0 bridgehead atoms. The maximum Gasteiger partial charge on any atom is 0.224 e. The number of rotatable bonds is 6. The lowest BCUT2D eigenvalue weighted by Gasteiger charge is -2.42. The van der Waals surface area contributed by atoms with E-state index < -0.39 is 0 Å². The monoisotopic (exact) mass is 385 g/mol. The summed E-state index contributed by atoms with van der Waals surface area (Å²) in [6, 6.07) is 1.14. The summed E-state index contributed by atoms with van der Waals surface area (Å²) in [6.07, 6.45) is 11.8. The SMILES string of the molecule is Cn1ncc(CN2CCC(N3CCC[C@@H](C(=O)NC4CC4)C3)CC2)c1C1CC1. The zero-order valence-electron chi connectivity index (χ0n) is 17.3. The van der Waals surface area contributed by atoms with E-state index in [1.807, 2.05) is 0 Å².